The molecule has 0 saturated carbocycles. The van der Waals surface area contributed by atoms with Crippen LogP contribution in [-0.2, 0) is 9.59 Å². The second kappa shape index (κ2) is 11.2. The third-order valence-electron chi connectivity index (χ3n) is 5.87. The molecule has 0 aliphatic carbocycles. The molecule has 0 spiro atoms. The minimum Gasteiger partial charge on any atom is -0.507 e. The van der Waals surface area contributed by atoms with Gasteiger partial charge in [-0.2, -0.15) is 5.26 Å². The first-order chi connectivity index (χ1) is 17.9. The second-order valence-electron chi connectivity index (χ2n) is 8.33. The van der Waals surface area contributed by atoms with Gasteiger partial charge in [0.25, 0.3) is 11.7 Å². The smallest absolute Gasteiger partial charge is 0.300 e. The van der Waals surface area contributed by atoms with Crippen LogP contribution in [-0.4, -0.2) is 30.0 Å². The molecule has 0 bridgehead atoms. The third kappa shape index (κ3) is 5.16. The minimum atomic E-state index is -0.940. The van der Waals surface area contributed by atoms with Gasteiger partial charge in [-0.05, 0) is 73.5 Å². The van der Waals surface area contributed by atoms with Crippen LogP contribution >= 0.6 is 11.6 Å². The lowest BCUT2D eigenvalue weighted by Gasteiger charge is -2.26. The maximum atomic E-state index is 13.4. The Morgan fingerprint density at radius 2 is 1.81 bits per heavy atom. The number of rotatable bonds is 8. The predicted molar refractivity (Wildman–Crippen MR) is 141 cm³/mol. The van der Waals surface area contributed by atoms with Gasteiger partial charge >= 0.3 is 0 Å². The summed E-state index contributed by atoms with van der Waals surface area (Å²) in [7, 11) is 0. The molecule has 4 rings (SSSR count). The molecule has 0 radical (unpaired) electrons. The van der Waals surface area contributed by atoms with Crippen LogP contribution in [0.3, 0.4) is 0 Å². The molecule has 1 fully saturated rings. The number of benzene rings is 3. The number of nitrogens with zero attached hydrogens (tertiary/aromatic N) is 2. The molecule has 188 valence electrons. The fourth-order valence-electron chi connectivity index (χ4n) is 4.18. The van der Waals surface area contributed by atoms with Gasteiger partial charge in [0.2, 0.25) is 0 Å². The number of halogens is 1. The van der Waals surface area contributed by atoms with Crippen molar-refractivity contribution in [3.8, 4) is 17.6 Å². The van der Waals surface area contributed by atoms with E-state index >= 15 is 0 Å². The molecular weight excluding hydrogens is 492 g/mol. The average molecular weight is 517 g/mol. The number of hydrogen-bond acceptors (Lipinski definition) is 6. The number of ether oxygens (including phenoxy) is 2. The zero-order valence-electron chi connectivity index (χ0n) is 20.4. The lowest BCUT2D eigenvalue weighted by Crippen LogP contribution is -2.29. The molecule has 7 nitrogen and oxygen atoms in total. The minimum absolute atomic E-state index is 0.0771. The monoisotopic (exact) mass is 516 g/mol. The highest BCUT2D eigenvalue weighted by molar-refractivity contribution is 6.51. The fraction of sp³-hybridized carbons (Fsp3) is 0.207. The Kier molecular flexibility index (Phi) is 7.80. The van der Waals surface area contributed by atoms with Gasteiger partial charge in [0.1, 0.15) is 17.3 Å². The second-order valence-corrected chi connectivity index (χ2v) is 8.73. The molecule has 3 aromatic carbocycles. The molecule has 1 saturated heterocycles. The normalized spacial score (nSPS) is 16.5. The Labute approximate surface area is 220 Å². The van der Waals surface area contributed by atoms with E-state index in [9.17, 15) is 20.0 Å². The van der Waals surface area contributed by atoms with Gasteiger partial charge in [-0.25, -0.2) is 0 Å². The third-order valence-corrected chi connectivity index (χ3v) is 6.18. The molecule has 1 aliphatic heterocycles. The van der Waals surface area contributed by atoms with Crippen LogP contribution in [0.4, 0.5) is 5.69 Å². The van der Waals surface area contributed by atoms with Crippen LogP contribution in [0.2, 0.25) is 5.02 Å². The number of hydrogen-bond donors (Lipinski definition) is 1. The van der Waals surface area contributed by atoms with Gasteiger partial charge in [0, 0.05) is 11.3 Å². The SMILES string of the molecule is CCCOc1cccc(C2/C(=C(/O)c3ccc(Cl)c(OCC)c3)C(=O)C(=O)N2c2ccc(C#N)cc2)c1. The molecule has 3 aromatic rings. The van der Waals surface area contributed by atoms with Crippen molar-refractivity contribution >= 4 is 34.7 Å². The lowest BCUT2D eigenvalue weighted by molar-refractivity contribution is -0.132. The van der Waals surface area contributed by atoms with E-state index in [0.29, 0.717) is 46.5 Å². The molecule has 1 heterocycles. The summed E-state index contributed by atoms with van der Waals surface area (Å²) < 4.78 is 11.3. The van der Waals surface area contributed by atoms with Crippen molar-refractivity contribution in [2.45, 2.75) is 26.3 Å². The van der Waals surface area contributed by atoms with Gasteiger partial charge in [0.15, 0.2) is 0 Å². The van der Waals surface area contributed by atoms with E-state index in [1.807, 2.05) is 13.0 Å². The number of nitriles is 1. The Hall–Kier alpha value is -4.28. The summed E-state index contributed by atoms with van der Waals surface area (Å²) >= 11 is 6.21. The standard InChI is InChI=1S/C29H25ClN2O5/c1-3-14-37-22-7-5-6-19(15-22)26-25(27(33)20-10-13-23(30)24(16-20)36-4-2)28(34)29(35)32(26)21-11-8-18(17-31)9-12-21/h5-13,15-16,26,33H,3-4,14H2,1-2H3/b27-25-. The topological polar surface area (TPSA) is 99.9 Å². The Morgan fingerprint density at radius 3 is 2.49 bits per heavy atom. The molecule has 1 atom stereocenters. The molecule has 37 heavy (non-hydrogen) atoms. The van der Waals surface area contributed by atoms with Crippen LogP contribution in [0.25, 0.3) is 5.76 Å². The average Bonchev–Trinajstić information content (AvgIpc) is 3.18. The van der Waals surface area contributed by atoms with Crippen molar-refractivity contribution in [3.63, 3.8) is 0 Å². The first-order valence-corrected chi connectivity index (χ1v) is 12.2. The van der Waals surface area contributed by atoms with Gasteiger partial charge < -0.3 is 14.6 Å². The number of ketones is 1. The van der Waals surface area contributed by atoms with E-state index < -0.39 is 17.7 Å². The summed E-state index contributed by atoms with van der Waals surface area (Å²) in [5, 5.41) is 20.9. The summed E-state index contributed by atoms with van der Waals surface area (Å²) in [5.41, 5.74) is 1.62. The van der Waals surface area contributed by atoms with E-state index in [1.54, 1.807) is 67.6 Å². The van der Waals surface area contributed by atoms with Gasteiger partial charge in [-0.15, -0.1) is 0 Å². The highest BCUT2D eigenvalue weighted by atomic mass is 35.5. The van der Waals surface area contributed by atoms with Crippen molar-refractivity contribution in [1.82, 2.24) is 0 Å². The Balaban J connectivity index is 1.91. The van der Waals surface area contributed by atoms with Crippen LogP contribution in [0, 0.1) is 11.3 Å². The number of Topliss-reactive ketones (excluding diaryl/α,β-unsaturated/α-hetero) is 1. The molecule has 1 amide bonds. The van der Waals surface area contributed by atoms with Crippen LogP contribution < -0.4 is 14.4 Å². The number of carbonyl (C=O) groups excluding carboxylic acids is 2. The maximum absolute atomic E-state index is 13.4. The van der Waals surface area contributed by atoms with Gasteiger partial charge in [0.05, 0.1) is 41.5 Å². The molecular formula is C29H25ClN2O5. The van der Waals surface area contributed by atoms with E-state index in [4.69, 9.17) is 21.1 Å². The quantitative estimate of drug-likeness (QED) is 0.223. The van der Waals surface area contributed by atoms with Gasteiger partial charge in [-0.3, -0.25) is 14.5 Å². The first kappa shape index (κ1) is 25.8. The molecule has 8 heteroatoms. The van der Waals surface area contributed by atoms with E-state index in [-0.39, 0.29) is 16.9 Å². The van der Waals surface area contributed by atoms with Crippen LogP contribution in [0.1, 0.15) is 43.0 Å². The van der Waals surface area contributed by atoms with Crippen molar-refractivity contribution in [2.24, 2.45) is 0 Å². The molecule has 1 aliphatic rings. The highest BCUT2D eigenvalue weighted by Gasteiger charge is 2.47. The summed E-state index contributed by atoms with van der Waals surface area (Å²) in [6, 6.07) is 19.2. The Bertz CT molecular complexity index is 1410. The number of anilines is 1. The number of aliphatic hydroxyl groups excluding tert-OH is 1. The number of aliphatic hydroxyl groups is 1. The molecule has 1 N–H and O–H groups in total. The lowest BCUT2D eigenvalue weighted by atomic mass is 9.95. The molecule has 1 unspecified atom stereocenters. The van der Waals surface area contributed by atoms with Crippen molar-refractivity contribution in [3.05, 3.63) is 94.0 Å². The van der Waals surface area contributed by atoms with Crippen molar-refractivity contribution < 1.29 is 24.2 Å². The first-order valence-electron chi connectivity index (χ1n) is 11.9. The molecule has 0 aromatic heterocycles. The zero-order valence-corrected chi connectivity index (χ0v) is 21.2. The van der Waals surface area contributed by atoms with Crippen molar-refractivity contribution in [2.75, 3.05) is 18.1 Å². The van der Waals surface area contributed by atoms with Crippen molar-refractivity contribution in [1.29, 1.82) is 5.26 Å². The predicted octanol–water partition coefficient (Wildman–Crippen LogP) is 6.03. The van der Waals surface area contributed by atoms with E-state index in [0.717, 1.165) is 6.42 Å². The Morgan fingerprint density at radius 1 is 1.05 bits per heavy atom. The fourth-order valence-corrected chi connectivity index (χ4v) is 4.35. The van der Waals surface area contributed by atoms with E-state index in [2.05, 4.69) is 0 Å². The van der Waals surface area contributed by atoms with Gasteiger partial charge in [-0.1, -0.05) is 30.7 Å². The highest BCUT2D eigenvalue weighted by Crippen LogP contribution is 2.43. The summed E-state index contributed by atoms with van der Waals surface area (Å²) in [6.45, 7) is 4.66. The van der Waals surface area contributed by atoms with Crippen LogP contribution in [0.5, 0.6) is 11.5 Å². The van der Waals surface area contributed by atoms with Crippen LogP contribution in [0.15, 0.2) is 72.3 Å². The maximum Gasteiger partial charge on any atom is 0.300 e. The zero-order chi connectivity index (χ0) is 26.5. The number of carbonyl (C=O) groups is 2. The van der Waals surface area contributed by atoms with E-state index in [1.165, 1.54) is 11.0 Å². The summed E-state index contributed by atoms with van der Waals surface area (Å²) in [6.07, 6.45) is 0.812. The number of amides is 1. The summed E-state index contributed by atoms with van der Waals surface area (Å²) in [4.78, 5) is 28.1. The largest absolute Gasteiger partial charge is 0.507 e. The summed E-state index contributed by atoms with van der Waals surface area (Å²) in [5.74, 6) is -1.05.